The van der Waals surface area contributed by atoms with Gasteiger partial charge in [-0.15, -0.1) is 0 Å². The molecule has 1 atom stereocenters. The van der Waals surface area contributed by atoms with E-state index >= 15 is 0 Å². The normalized spacial score (nSPS) is 17.0. The molecule has 98 valence electrons. The number of hydrogen-bond donors (Lipinski definition) is 1. The quantitative estimate of drug-likeness (QED) is 0.911. The van der Waals surface area contributed by atoms with E-state index in [9.17, 15) is 0 Å². The van der Waals surface area contributed by atoms with Crippen molar-refractivity contribution in [3.05, 3.63) is 59.7 Å². The number of benzene rings is 2. The molecule has 1 heterocycles. The number of nitrogens with one attached hydrogen (secondary N) is 1. The smallest absolute Gasteiger partial charge is 0.123 e. The Morgan fingerprint density at radius 2 is 1.95 bits per heavy atom. The molecule has 2 aromatic rings. The Bertz CT molecular complexity index is 568. The maximum atomic E-state index is 5.85. The molecule has 0 aliphatic carbocycles. The summed E-state index contributed by atoms with van der Waals surface area (Å²) in [5, 5.41) is 3.46. The second kappa shape index (κ2) is 5.33. The molecule has 19 heavy (non-hydrogen) atoms. The highest BCUT2D eigenvalue weighted by Crippen LogP contribution is 2.26. The Morgan fingerprint density at radius 3 is 2.84 bits per heavy atom. The molecule has 0 amide bonds. The van der Waals surface area contributed by atoms with Crippen molar-refractivity contribution in [3.63, 3.8) is 0 Å². The van der Waals surface area contributed by atoms with Crippen LogP contribution in [0.3, 0.4) is 0 Å². The summed E-state index contributed by atoms with van der Waals surface area (Å²) in [6.45, 7) is 1.55. The molecular weight excluding hydrogens is 238 g/mol. The Balaban J connectivity index is 1.67. The molecule has 0 saturated carbocycles. The summed E-state index contributed by atoms with van der Waals surface area (Å²) in [7, 11) is 1.66. The third-order valence-corrected chi connectivity index (χ3v) is 3.43. The monoisotopic (exact) mass is 255 g/mol. The summed E-state index contributed by atoms with van der Waals surface area (Å²) in [6.07, 6.45) is 0. The van der Waals surface area contributed by atoms with Crippen LogP contribution in [0.1, 0.15) is 17.2 Å². The summed E-state index contributed by atoms with van der Waals surface area (Å²) in [6, 6.07) is 16.4. The van der Waals surface area contributed by atoms with Crippen LogP contribution in [0.4, 0.5) is 0 Å². The molecule has 2 aromatic carbocycles. The van der Waals surface area contributed by atoms with Crippen molar-refractivity contribution in [2.24, 2.45) is 0 Å². The van der Waals surface area contributed by atoms with Crippen LogP contribution in [0.15, 0.2) is 48.5 Å². The van der Waals surface area contributed by atoms with Crippen molar-refractivity contribution >= 4 is 0 Å². The molecule has 3 heteroatoms. The minimum atomic E-state index is 0.266. The second-order valence-electron chi connectivity index (χ2n) is 4.62. The Hall–Kier alpha value is -2.00. The lowest BCUT2D eigenvalue weighted by Crippen LogP contribution is -2.19. The second-order valence-corrected chi connectivity index (χ2v) is 4.62. The molecule has 0 bridgehead atoms. The SMILES string of the molecule is COc1cccc(OCC2NCc3ccccc32)c1. The first-order chi connectivity index (χ1) is 9.36. The van der Waals surface area contributed by atoms with Crippen LogP contribution in [0.2, 0.25) is 0 Å². The van der Waals surface area contributed by atoms with Crippen molar-refractivity contribution in [2.75, 3.05) is 13.7 Å². The maximum absolute atomic E-state index is 5.85. The third-order valence-electron chi connectivity index (χ3n) is 3.43. The first-order valence-corrected chi connectivity index (χ1v) is 6.45. The summed E-state index contributed by atoms with van der Waals surface area (Å²) in [5.41, 5.74) is 2.70. The number of rotatable bonds is 4. The molecule has 1 aliphatic heterocycles. The molecule has 1 unspecified atom stereocenters. The topological polar surface area (TPSA) is 30.5 Å². The summed E-state index contributed by atoms with van der Waals surface area (Å²) < 4.78 is 11.0. The first kappa shape index (κ1) is 12.1. The fraction of sp³-hybridized carbons (Fsp3) is 0.250. The van der Waals surface area contributed by atoms with Crippen molar-refractivity contribution < 1.29 is 9.47 Å². The van der Waals surface area contributed by atoms with Gasteiger partial charge in [0.1, 0.15) is 18.1 Å². The Labute approximate surface area is 113 Å². The first-order valence-electron chi connectivity index (χ1n) is 6.45. The van der Waals surface area contributed by atoms with Crippen LogP contribution in [0.5, 0.6) is 11.5 Å². The number of ether oxygens (including phenoxy) is 2. The van der Waals surface area contributed by atoms with Crippen molar-refractivity contribution in [3.8, 4) is 11.5 Å². The fourth-order valence-electron chi connectivity index (χ4n) is 2.40. The van der Waals surface area contributed by atoms with E-state index in [0.29, 0.717) is 6.61 Å². The fourth-order valence-corrected chi connectivity index (χ4v) is 2.40. The van der Waals surface area contributed by atoms with Crippen molar-refractivity contribution in [1.82, 2.24) is 5.32 Å². The van der Waals surface area contributed by atoms with Crippen LogP contribution >= 0.6 is 0 Å². The number of hydrogen-bond acceptors (Lipinski definition) is 3. The zero-order valence-corrected chi connectivity index (χ0v) is 10.9. The van der Waals surface area contributed by atoms with E-state index in [4.69, 9.17) is 9.47 Å². The molecule has 0 aromatic heterocycles. The van der Waals surface area contributed by atoms with E-state index in [1.165, 1.54) is 11.1 Å². The molecular formula is C16H17NO2. The van der Waals surface area contributed by atoms with Gasteiger partial charge in [-0.3, -0.25) is 0 Å². The average molecular weight is 255 g/mol. The lowest BCUT2D eigenvalue weighted by Gasteiger charge is -2.14. The number of fused-ring (bicyclic) bond motifs is 1. The summed E-state index contributed by atoms with van der Waals surface area (Å²) >= 11 is 0. The lowest BCUT2D eigenvalue weighted by molar-refractivity contribution is 0.272. The predicted molar refractivity (Wildman–Crippen MR) is 74.5 cm³/mol. The van der Waals surface area contributed by atoms with Gasteiger partial charge in [-0.2, -0.15) is 0 Å². The van der Waals surface area contributed by atoms with Crippen molar-refractivity contribution in [2.45, 2.75) is 12.6 Å². The zero-order valence-electron chi connectivity index (χ0n) is 10.9. The van der Waals surface area contributed by atoms with Gasteiger partial charge < -0.3 is 14.8 Å². The molecule has 1 N–H and O–H groups in total. The Kier molecular flexibility index (Phi) is 3.38. The van der Waals surface area contributed by atoms with Gasteiger partial charge in [0.15, 0.2) is 0 Å². The third kappa shape index (κ3) is 2.56. The molecule has 0 saturated heterocycles. The van der Waals surface area contributed by atoms with E-state index in [1.54, 1.807) is 7.11 Å². The zero-order chi connectivity index (χ0) is 13.1. The average Bonchev–Trinajstić information content (AvgIpc) is 2.89. The lowest BCUT2D eigenvalue weighted by atomic mass is 10.1. The van der Waals surface area contributed by atoms with Gasteiger partial charge in [-0.25, -0.2) is 0 Å². The molecule has 3 nitrogen and oxygen atoms in total. The van der Waals surface area contributed by atoms with E-state index < -0.39 is 0 Å². The van der Waals surface area contributed by atoms with E-state index in [2.05, 4.69) is 29.6 Å². The van der Waals surface area contributed by atoms with Crippen LogP contribution in [0, 0.1) is 0 Å². The van der Waals surface area contributed by atoms with Crippen LogP contribution in [0.25, 0.3) is 0 Å². The predicted octanol–water partition coefficient (Wildman–Crippen LogP) is 2.92. The van der Waals surface area contributed by atoms with Gasteiger partial charge in [-0.1, -0.05) is 30.3 Å². The molecule has 1 aliphatic rings. The van der Waals surface area contributed by atoms with E-state index in [1.807, 2.05) is 24.3 Å². The largest absolute Gasteiger partial charge is 0.497 e. The highest BCUT2D eigenvalue weighted by atomic mass is 16.5. The van der Waals surface area contributed by atoms with Crippen LogP contribution < -0.4 is 14.8 Å². The molecule has 0 fully saturated rings. The highest BCUT2D eigenvalue weighted by Gasteiger charge is 2.21. The van der Waals surface area contributed by atoms with Crippen molar-refractivity contribution in [1.29, 1.82) is 0 Å². The van der Waals surface area contributed by atoms with E-state index in [0.717, 1.165) is 18.0 Å². The van der Waals surface area contributed by atoms with Gasteiger partial charge in [0.05, 0.1) is 13.2 Å². The maximum Gasteiger partial charge on any atom is 0.123 e. The van der Waals surface area contributed by atoms with Gasteiger partial charge in [0.2, 0.25) is 0 Å². The van der Waals surface area contributed by atoms with Crippen LogP contribution in [-0.2, 0) is 6.54 Å². The van der Waals surface area contributed by atoms with Gasteiger partial charge >= 0.3 is 0 Å². The summed E-state index contributed by atoms with van der Waals surface area (Å²) in [5.74, 6) is 1.66. The molecule has 0 spiro atoms. The molecule has 3 rings (SSSR count). The summed E-state index contributed by atoms with van der Waals surface area (Å²) in [4.78, 5) is 0. The standard InChI is InChI=1S/C16H17NO2/c1-18-13-6-4-7-14(9-13)19-11-16-15-8-3-2-5-12(15)10-17-16/h2-9,16-17H,10-11H2,1H3. The Morgan fingerprint density at radius 1 is 1.11 bits per heavy atom. The number of methoxy groups -OCH3 is 1. The molecule has 0 radical (unpaired) electrons. The van der Waals surface area contributed by atoms with Gasteiger partial charge in [0.25, 0.3) is 0 Å². The van der Waals surface area contributed by atoms with Crippen LogP contribution in [-0.4, -0.2) is 13.7 Å². The highest BCUT2D eigenvalue weighted by molar-refractivity contribution is 5.35. The van der Waals surface area contributed by atoms with Gasteiger partial charge in [0, 0.05) is 12.6 Å². The minimum Gasteiger partial charge on any atom is -0.497 e. The van der Waals surface area contributed by atoms with Gasteiger partial charge in [-0.05, 0) is 23.3 Å². The minimum absolute atomic E-state index is 0.266. The van der Waals surface area contributed by atoms with E-state index in [-0.39, 0.29) is 6.04 Å².